The summed E-state index contributed by atoms with van der Waals surface area (Å²) in [6, 6.07) is 8.16. The van der Waals surface area contributed by atoms with Crippen LogP contribution in [0, 0.1) is 0 Å². The molecule has 2 aromatic rings. The van der Waals surface area contributed by atoms with E-state index < -0.39 is 0 Å². The summed E-state index contributed by atoms with van der Waals surface area (Å²) in [7, 11) is 0. The van der Waals surface area contributed by atoms with Gasteiger partial charge in [-0.2, -0.15) is 0 Å². The zero-order valence-corrected chi connectivity index (χ0v) is 9.68. The average molecular weight is 226 g/mol. The fourth-order valence-electron chi connectivity index (χ4n) is 2.26. The van der Waals surface area contributed by atoms with E-state index in [0.29, 0.717) is 5.69 Å². The van der Waals surface area contributed by atoms with Gasteiger partial charge in [0.05, 0.1) is 11.9 Å². The lowest BCUT2D eigenvalue weighted by molar-refractivity contribution is 0.254. The van der Waals surface area contributed by atoms with Crippen LogP contribution in [0.2, 0.25) is 0 Å². The van der Waals surface area contributed by atoms with Gasteiger partial charge in [-0.3, -0.25) is 4.98 Å². The van der Waals surface area contributed by atoms with Crippen LogP contribution in [0.4, 0.5) is 5.69 Å². The Hall–Kier alpha value is -2.03. The minimum absolute atomic E-state index is 0.273. The second kappa shape index (κ2) is 3.77. The third kappa shape index (κ3) is 1.73. The first-order valence-electron chi connectivity index (χ1n) is 5.73. The molecule has 1 atom stereocenters. The molecule has 86 valence electrons. The molecular formula is C14H14N2O. The van der Waals surface area contributed by atoms with Crippen molar-refractivity contribution in [2.45, 2.75) is 19.4 Å². The van der Waals surface area contributed by atoms with Crippen LogP contribution >= 0.6 is 0 Å². The van der Waals surface area contributed by atoms with Gasteiger partial charge in [0.1, 0.15) is 11.9 Å². The third-order valence-corrected chi connectivity index (χ3v) is 3.06. The first kappa shape index (κ1) is 10.1. The Morgan fingerprint density at radius 3 is 3.06 bits per heavy atom. The van der Waals surface area contributed by atoms with E-state index in [1.54, 1.807) is 12.4 Å². The molecule has 0 saturated heterocycles. The van der Waals surface area contributed by atoms with E-state index in [2.05, 4.69) is 18.0 Å². The fourth-order valence-corrected chi connectivity index (χ4v) is 2.26. The van der Waals surface area contributed by atoms with Crippen molar-refractivity contribution in [1.29, 1.82) is 0 Å². The first-order valence-corrected chi connectivity index (χ1v) is 5.73. The molecule has 0 fully saturated rings. The molecular weight excluding hydrogens is 212 g/mol. The molecule has 3 heteroatoms. The van der Waals surface area contributed by atoms with Gasteiger partial charge in [0, 0.05) is 18.2 Å². The van der Waals surface area contributed by atoms with Crippen LogP contribution in [-0.2, 0) is 6.42 Å². The second-order valence-corrected chi connectivity index (χ2v) is 4.42. The van der Waals surface area contributed by atoms with Gasteiger partial charge < -0.3 is 10.5 Å². The van der Waals surface area contributed by atoms with Crippen LogP contribution in [0.25, 0.3) is 11.1 Å². The summed E-state index contributed by atoms with van der Waals surface area (Å²) in [6.07, 6.45) is 4.68. The molecule has 0 amide bonds. The van der Waals surface area contributed by atoms with Gasteiger partial charge in [-0.05, 0) is 36.2 Å². The van der Waals surface area contributed by atoms with Crippen molar-refractivity contribution < 1.29 is 4.74 Å². The molecule has 0 bridgehead atoms. The minimum atomic E-state index is 0.273. The van der Waals surface area contributed by atoms with Crippen LogP contribution in [0.1, 0.15) is 12.5 Å². The lowest BCUT2D eigenvalue weighted by Crippen LogP contribution is -2.05. The number of ether oxygens (including phenoxy) is 1. The van der Waals surface area contributed by atoms with Gasteiger partial charge in [0.25, 0.3) is 0 Å². The van der Waals surface area contributed by atoms with E-state index in [1.165, 1.54) is 5.56 Å². The fraction of sp³-hybridized carbons (Fsp3) is 0.214. The number of nitrogens with zero attached hydrogens (tertiary/aromatic N) is 1. The SMILES string of the molecule is CC1Cc2cc(-c3ccncc3N)ccc2O1. The van der Waals surface area contributed by atoms with E-state index in [4.69, 9.17) is 10.5 Å². The zero-order chi connectivity index (χ0) is 11.8. The molecule has 2 N–H and O–H groups in total. The summed E-state index contributed by atoms with van der Waals surface area (Å²) in [4.78, 5) is 4.01. The van der Waals surface area contributed by atoms with Crippen molar-refractivity contribution in [3.05, 3.63) is 42.2 Å². The highest BCUT2D eigenvalue weighted by Gasteiger charge is 2.19. The lowest BCUT2D eigenvalue weighted by atomic mass is 10.0. The molecule has 1 aliphatic rings. The number of anilines is 1. The maximum Gasteiger partial charge on any atom is 0.123 e. The van der Waals surface area contributed by atoms with Crippen molar-refractivity contribution in [3.8, 4) is 16.9 Å². The number of nitrogen functional groups attached to an aromatic ring is 1. The Labute approximate surface area is 100 Å². The minimum Gasteiger partial charge on any atom is -0.490 e. The van der Waals surface area contributed by atoms with Gasteiger partial charge in [0.15, 0.2) is 0 Å². The smallest absolute Gasteiger partial charge is 0.123 e. The van der Waals surface area contributed by atoms with Crippen LogP contribution in [0.15, 0.2) is 36.7 Å². The topological polar surface area (TPSA) is 48.1 Å². The number of aromatic nitrogens is 1. The van der Waals surface area contributed by atoms with E-state index in [9.17, 15) is 0 Å². The Morgan fingerprint density at radius 1 is 1.35 bits per heavy atom. The summed E-state index contributed by atoms with van der Waals surface area (Å²) in [5.41, 5.74) is 10.1. The molecule has 3 rings (SSSR count). The first-order chi connectivity index (χ1) is 8.24. The second-order valence-electron chi connectivity index (χ2n) is 4.42. The standard InChI is InChI=1S/C14H14N2O/c1-9-6-11-7-10(2-3-14(11)17-9)12-4-5-16-8-13(12)15/h2-5,7-9H,6,15H2,1H3. The van der Waals surface area contributed by atoms with E-state index in [1.807, 2.05) is 18.2 Å². The largest absolute Gasteiger partial charge is 0.490 e. The summed E-state index contributed by atoms with van der Waals surface area (Å²) in [5, 5.41) is 0. The Bertz CT molecular complexity index is 566. The molecule has 0 radical (unpaired) electrons. The highest BCUT2D eigenvalue weighted by atomic mass is 16.5. The molecule has 0 aliphatic carbocycles. The predicted molar refractivity (Wildman–Crippen MR) is 67.9 cm³/mol. The van der Waals surface area contributed by atoms with Gasteiger partial charge in [-0.15, -0.1) is 0 Å². The van der Waals surface area contributed by atoms with E-state index >= 15 is 0 Å². The zero-order valence-electron chi connectivity index (χ0n) is 9.68. The number of nitrogens with two attached hydrogens (primary N) is 1. The highest BCUT2D eigenvalue weighted by molar-refractivity contribution is 5.76. The molecule has 0 saturated carbocycles. The van der Waals surface area contributed by atoms with Crippen molar-refractivity contribution in [2.24, 2.45) is 0 Å². The third-order valence-electron chi connectivity index (χ3n) is 3.06. The number of rotatable bonds is 1. The summed E-state index contributed by atoms with van der Waals surface area (Å²) < 4.78 is 5.68. The maximum absolute atomic E-state index is 5.93. The molecule has 2 heterocycles. The quantitative estimate of drug-likeness (QED) is 0.813. The molecule has 3 nitrogen and oxygen atoms in total. The molecule has 1 aromatic heterocycles. The summed E-state index contributed by atoms with van der Waals surface area (Å²) in [5.74, 6) is 0.994. The predicted octanol–water partition coefficient (Wildman–Crippen LogP) is 2.65. The van der Waals surface area contributed by atoms with E-state index in [-0.39, 0.29) is 6.10 Å². The number of hydrogen-bond acceptors (Lipinski definition) is 3. The highest BCUT2D eigenvalue weighted by Crippen LogP contribution is 2.34. The maximum atomic E-state index is 5.93. The van der Waals surface area contributed by atoms with Crippen LogP contribution < -0.4 is 10.5 Å². The summed E-state index contributed by atoms with van der Waals surface area (Å²) in [6.45, 7) is 2.08. The van der Waals surface area contributed by atoms with Gasteiger partial charge >= 0.3 is 0 Å². The van der Waals surface area contributed by atoms with Crippen molar-refractivity contribution >= 4 is 5.69 Å². The number of benzene rings is 1. The number of hydrogen-bond donors (Lipinski definition) is 1. The Balaban J connectivity index is 2.07. The normalized spacial score (nSPS) is 17.6. The molecule has 1 unspecified atom stereocenters. The molecule has 0 spiro atoms. The molecule has 17 heavy (non-hydrogen) atoms. The monoisotopic (exact) mass is 226 g/mol. The molecule has 1 aliphatic heterocycles. The van der Waals surface area contributed by atoms with Gasteiger partial charge in [-0.1, -0.05) is 6.07 Å². The number of pyridine rings is 1. The van der Waals surface area contributed by atoms with E-state index in [0.717, 1.165) is 23.3 Å². The van der Waals surface area contributed by atoms with Crippen LogP contribution in [-0.4, -0.2) is 11.1 Å². The van der Waals surface area contributed by atoms with Crippen molar-refractivity contribution in [1.82, 2.24) is 4.98 Å². The number of fused-ring (bicyclic) bond motifs is 1. The van der Waals surface area contributed by atoms with Crippen LogP contribution in [0.3, 0.4) is 0 Å². The summed E-state index contributed by atoms with van der Waals surface area (Å²) >= 11 is 0. The average Bonchev–Trinajstić information content (AvgIpc) is 2.68. The van der Waals surface area contributed by atoms with Crippen LogP contribution in [0.5, 0.6) is 5.75 Å². The Morgan fingerprint density at radius 2 is 2.24 bits per heavy atom. The van der Waals surface area contributed by atoms with Gasteiger partial charge in [-0.25, -0.2) is 0 Å². The lowest BCUT2D eigenvalue weighted by Gasteiger charge is -2.06. The van der Waals surface area contributed by atoms with Crippen molar-refractivity contribution in [3.63, 3.8) is 0 Å². The van der Waals surface area contributed by atoms with Gasteiger partial charge in [0.2, 0.25) is 0 Å². The molecule has 1 aromatic carbocycles. The Kier molecular flexibility index (Phi) is 2.25. The van der Waals surface area contributed by atoms with Crippen molar-refractivity contribution in [2.75, 3.05) is 5.73 Å².